The van der Waals surface area contributed by atoms with E-state index >= 15 is 0 Å². The molecule has 0 aliphatic heterocycles. The van der Waals surface area contributed by atoms with Gasteiger partial charge in [0.2, 0.25) is 0 Å². The Bertz CT molecular complexity index is 1060. The predicted molar refractivity (Wildman–Crippen MR) is 127 cm³/mol. The molecule has 2 rings (SSSR count). The molecule has 9 nitrogen and oxygen atoms in total. The molecule has 3 amide bonds. The molecule has 0 radical (unpaired) electrons. The summed E-state index contributed by atoms with van der Waals surface area (Å²) in [6, 6.07) is 8.75. The molecule has 11 heteroatoms. The van der Waals surface area contributed by atoms with Crippen LogP contribution in [0.5, 0.6) is 11.5 Å². The standard InChI is InChI=1S/C23H26ClFN4O5/c1-4-33-19-10-15(12-27-29-23(32)22(31)26-11-14(2)3)9-16(24)21(19)34-13-20(30)28-18-8-6-5-7-17(18)25/h5-10,12,14H,4,11,13H2,1-3H3,(H,26,31)(H,28,30)(H,29,32)/b27-12-. The number of carbonyl (C=O) groups excluding carboxylic acids is 3. The zero-order valence-corrected chi connectivity index (χ0v) is 19.7. The van der Waals surface area contributed by atoms with E-state index in [1.54, 1.807) is 13.0 Å². The van der Waals surface area contributed by atoms with E-state index < -0.39 is 30.1 Å². The molecule has 0 unspecified atom stereocenters. The topological polar surface area (TPSA) is 118 Å². The summed E-state index contributed by atoms with van der Waals surface area (Å²) in [5, 5.41) is 8.76. The summed E-state index contributed by atoms with van der Waals surface area (Å²) < 4.78 is 24.7. The summed E-state index contributed by atoms with van der Waals surface area (Å²) in [5.74, 6) is -2.32. The molecule has 0 heterocycles. The molecule has 0 aliphatic rings. The van der Waals surface area contributed by atoms with Crippen molar-refractivity contribution < 1.29 is 28.2 Å². The SMILES string of the molecule is CCOc1cc(/C=N\NC(=O)C(=O)NCC(C)C)cc(Cl)c1OCC(=O)Nc1ccccc1F. The second-order valence-electron chi connectivity index (χ2n) is 7.38. The van der Waals surface area contributed by atoms with E-state index in [0.717, 1.165) is 0 Å². The van der Waals surface area contributed by atoms with Gasteiger partial charge in [-0.05, 0) is 42.7 Å². The van der Waals surface area contributed by atoms with E-state index in [9.17, 15) is 18.8 Å². The number of amides is 3. The minimum atomic E-state index is -0.908. The van der Waals surface area contributed by atoms with Crippen molar-refractivity contribution in [1.82, 2.24) is 10.7 Å². The third-order valence-electron chi connectivity index (χ3n) is 4.08. The second kappa shape index (κ2) is 13.1. The Hall–Kier alpha value is -3.66. The van der Waals surface area contributed by atoms with Gasteiger partial charge in [0.05, 0.1) is 23.5 Å². The number of hydrogen-bond donors (Lipinski definition) is 3. The second-order valence-corrected chi connectivity index (χ2v) is 7.79. The van der Waals surface area contributed by atoms with Crippen molar-refractivity contribution in [2.45, 2.75) is 20.8 Å². The van der Waals surface area contributed by atoms with E-state index in [-0.39, 0.29) is 34.7 Å². The van der Waals surface area contributed by atoms with Crippen LogP contribution in [0.4, 0.5) is 10.1 Å². The van der Waals surface area contributed by atoms with Crippen LogP contribution >= 0.6 is 11.6 Å². The quantitative estimate of drug-likeness (QED) is 0.267. The van der Waals surface area contributed by atoms with Crippen molar-refractivity contribution >= 4 is 41.2 Å². The summed E-state index contributed by atoms with van der Waals surface area (Å²) >= 11 is 6.29. The summed E-state index contributed by atoms with van der Waals surface area (Å²) in [5.41, 5.74) is 2.60. The lowest BCUT2D eigenvalue weighted by Gasteiger charge is -2.14. The maximum atomic E-state index is 13.7. The van der Waals surface area contributed by atoms with Gasteiger partial charge in [0.25, 0.3) is 5.91 Å². The zero-order valence-electron chi connectivity index (χ0n) is 19.0. The van der Waals surface area contributed by atoms with Crippen LogP contribution in [0.3, 0.4) is 0 Å². The third kappa shape index (κ3) is 8.36. The first-order chi connectivity index (χ1) is 16.2. The summed E-state index contributed by atoms with van der Waals surface area (Å²) in [6.07, 6.45) is 1.27. The Morgan fingerprint density at radius 3 is 2.56 bits per heavy atom. The Balaban J connectivity index is 2.03. The first kappa shape index (κ1) is 26.6. The largest absolute Gasteiger partial charge is 0.490 e. The van der Waals surface area contributed by atoms with E-state index in [4.69, 9.17) is 21.1 Å². The number of rotatable bonds is 10. The maximum Gasteiger partial charge on any atom is 0.329 e. The van der Waals surface area contributed by atoms with Crippen molar-refractivity contribution in [3.63, 3.8) is 0 Å². The average molecular weight is 493 g/mol. The van der Waals surface area contributed by atoms with Crippen LogP contribution in [0, 0.1) is 11.7 Å². The first-order valence-corrected chi connectivity index (χ1v) is 10.8. The number of nitrogens with one attached hydrogen (secondary N) is 3. The van der Waals surface area contributed by atoms with Gasteiger partial charge in [0.15, 0.2) is 18.1 Å². The van der Waals surface area contributed by atoms with Crippen molar-refractivity contribution in [3.8, 4) is 11.5 Å². The Kier molecular flexibility index (Phi) is 10.3. The highest BCUT2D eigenvalue weighted by molar-refractivity contribution is 6.35. The van der Waals surface area contributed by atoms with E-state index in [2.05, 4.69) is 21.2 Å². The van der Waals surface area contributed by atoms with Crippen molar-refractivity contribution in [2.24, 2.45) is 11.0 Å². The molecule has 2 aromatic carbocycles. The fraction of sp³-hybridized carbons (Fsp3) is 0.304. The number of halogens is 2. The maximum absolute atomic E-state index is 13.7. The summed E-state index contributed by atoms with van der Waals surface area (Å²) in [6.45, 7) is 5.75. The number of para-hydroxylation sites is 1. The molecule has 0 saturated carbocycles. The average Bonchev–Trinajstić information content (AvgIpc) is 2.78. The molecule has 0 saturated heterocycles. The number of anilines is 1. The predicted octanol–water partition coefficient (Wildman–Crippen LogP) is 3.12. The fourth-order valence-electron chi connectivity index (χ4n) is 2.55. The van der Waals surface area contributed by atoms with Crippen LogP contribution in [0.15, 0.2) is 41.5 Å². The van der Waals surface area contributed by atoms with Gasteiger partial charge in [-0.25, -0.2) is 9.82 Å². The van der Waals surface area contributed by atoms with Gasteiger partial charge in [0, 0.05) is 6.54 Å². The molecule has 0 spiro atoms. The van der Waals surface area contributed by atoms with Gasteiger partial charge in [-0.2, -0.15) is 5.10 Å². The fourth-order valence-corrected chi connectivity index (χ4v) is 2.82. The number of ether oxygens (including phenoxy) is 2. The summed E-state index contributed by atoms with van der Waals surface area (Å²) in [4.78, 5) is 35.6. The van der Waals surface area contributed by atoms with Gasteiger partial charge in [-0.3, -0.25) is 14.4 Å². The highest BCUT2D eigenvalue weighted by atomic mass is 35.5. The van der Waals surface area contributed by atoms with Crippen molar-refractivity contribution in [2.75, 3.05) is 25.1 Å². The van der Waals surface area contributed by atoms with Crippen LogP contribution in [0.25, 0.3) is 0 Å². The van der Waals surface area contributed by atoms with Crippen LogP contribution in [-0.4, -0.2) is 43.7 Å². The molecule has 0 bridgehead atoms. The van der Waals surface area contributed by atoms with Gasteiger partial charge >= 0.3 is 11.8 Å². The lowest BCUT2D eigenvalue weighted by atomic mass is 10.2. The lowest BCUT2D eigenvalue weighted by Crippen LogP contribution is -2.39. The van der Waals surface area contributed by atoms with Crippen molar-refractivity contribution in [1.29, 1.82) is 0 Å². The Morgan fingerprint density at radius 1 is 1.15 bits per heavy atom. The molecule has 0 aromatic heterocycles. The van der Waals surface area contributed by atoms with Gasteiger partial charge < -0.3 is 20.1 Å². The normalized spacial score (nSPS) is 10.8. The van der Waals surface area contributed by atoms with Crippen LogP contribution < -0.4 is 25.5 Å². The molecule has 182 valence electrons. The molecule has 0 aliphatic carbocycles. The molecular weight excluding hydrogens is 467 g/mol. The minimum absolute atomic E-state index is 0.0266. The van der Waals surface area contributed by atoms with E-state index in [0.29, 0.717) is 12.1 Å². The van der Waals surface area contributed by atoms with E-state index in [1.807, 2.05) is 13.8 Å². The molecule has 34 heavy (non-hydrogen) atoms. The van der Waals surface area contributed by atoms with Gasteiger partial charge in [0.1, 0.15) is 5.82 Å². The molecule has 0 atom stereocenters. The van der Waals surface area contributed by atoms with E-state index in [1.165, 1.54) is 36.5 Å². The van der Waals surface area contributed by atoms with Crippen LogP contribution in [-0.2, 0) is 14.4 Å². The third-order valence-corrected chi connectivity index (χ3v) is 4.36. The molecular formula is C23H26ClFN4O5. The van der Waals surface area contributed by atoms with Gasteiger partial charge in [-0.1, -0.05) is 37.6 Å². The summed E-state index contributed by atoms with van der Waals surface area (Å²) in [7, 11) is 0. The molecule has 3 N–H and O–H groups in total. The first-order valence-electron chi connectivity index (χ1n) is 10.5. The Labute approximate surface area is 201 Å². The Morgan fingerprint density at radius 2 is 1.88 bits per heavy atom. The molecule has 0 fully saturated rings. The highest BCUT2D eigenvalue weighted by Crippen LogP contribution is 2.36. The number of carbonyl (C=O) groups is 3. The lowest BCUT2D eigenvalue weighted by molar-refractivity contribution is -0.139. The zero-order chi connectivity index (χ0) is 25.1. The number of nitrogens with zero attached hydrogens (tertiary/aromatic N) is 1. The number of benzene rings is 2. The van der Waals surface area contributed by atoms with Crippen LogP contribution in [0.2, 0.25) is 5.02 Å². The van der Waals surface area contributed by atoms with Gasteiger partial charge in [-0.15, -0.1) is 0 Å². The monoisotopic (exact) mass is 492 g/mol. The smallest absolute Gasteiger partial charge is 0.329 e. The number of hydrogen-bond acceptors (Lipinski definition) is 6. The highest BCUT2D eigenvalue weighted by Gasteiger charge is 2.16. The van der Waals surface area contributed by atoms with Crippen LogP contribution in [0.1, 0.15) is 26.3 Å². The number of hydrazone groups is 1. The van der Waals surface area contributed by atoms with Crippen molar-refractivity contribution in [3.05, 3.63) is 52.8 Å². The minimum Gasteiger partial charge on any atom is -0.490 e. The molecule has 2 aromatic rings.